The maximum absolute atomic E-state index is 12.6. The van der Waals surface area contributed by atoms with Crippen LogP contribution in [0.1, 0.15) is 18.1 Å². The van der Waals surface area contributed by atoms with E-state index in [9.17, 15) is 14.4 Å². The Morgan fingerprint density at radius 2 is 1.97 bits per heavy atom. The Kier molecular flexibility index (Phi) is 8.22. The molecule has 168 valence electrons. The number of ether oxygens (including phenoxy) is 3. The van der Waals surface area contributed by atoms with Gasteiger partial charge in [0.05, 0.1) is 18.6 Å². The van der Waals surface area contributed by atoms with Crippen LogP contribution in [-0.2, 0) is 20.9 Å². The molecule has 1 saturated heterocycles. The van der Waals surface area contributed by atoms with Gasteiger partial charge in [-0.15, -0.1) is 0 Å². The predicted molar refractivity (Wildman–Crippen MR) is 126 cm³/mol. The highest BCUT2D eigenvalue weighted by molar-refractivity contribution is 9.10. The third-order valence-electron chi connectivity index (χ3n) is 4.38. The molecule has 0 unspecified atom stereocenters. The number of carbonyl (C=O) groups is 3. The van der Waals surface area contributed by atoms with Crippen LogP contribution in [0.5, 0.6) is 11.5 Å². The number of amides is 2. The van der Waals surface area contributed by atoms with Crippen molar-refractivity contribution >= 4 is 62.5 Å². The summed E-state index contributed by atoms with van der Waals surface area (Å²) in [6.07, 6.45) is 1.56. The molecule has 0 spiro atoms. The van der Waals surface area contributed by atoms with Crippen molar-refractivity contribution in [1.29, 1.82) is 0 Å². The summed E-state index contributed by atoms with van der Waals surface area (Å²) in [5, 5.41) is 0.0674. The molecule has 0 N–H and O–H groups in total. The Morgan fingerprint density at radius 1 is 1.22 bits per heavy atom. The number of hydrogen-bond donors (Lipinski definition) is 0. The minimum atomic E-state index is -0.640. The van der Waals surface area contributed by atoms with Gasteiger partial charge in [-0.05, 0) is 48.5 Å². The lowest BCUT2D eigenvalue weighted by Gasteiger charge is -2.14. The van der Waals surface area contributed by atoms with E-state index in [-0.39, 0.29) is 18.1 Å². The molecule has 0 atom stereocenters. The fourth-order valence-electron chi connectivity index (χ4n) is 2.82. The molecule has 1 heterocycles. The van der Waals surface area contributed by atoms with Gasteiger partial charge >= 0.3 is 5.97 Å². The Labute approximate surface area is 202 Å². The third kappa shape index (κ3) is 5.65. The van der Waals surface area contributed by atoms with Crippen molar-refractivity contribution < 1.29 is 28.6 Å². The second-order valence-electron chi connectivity index (χ2n) is 6.48. The van der Waals surface area contributed by atoms with Crippen molar-refractivity contribution in [2.45, 2.75) is 13.5 Å². The average molecular weight is 541 g/mol. The van der Waals surface area contributed by atoms with Crippen molar-refractivity contribution in [3.05, 3.63) is 61.9 Å². The first kappa shape index (κ1) is 24.2. The minimum absolute atomic E-state index is 0.169. The summed E-state index contributed by atoms with van der Waals surface area (Å²) in [5.41, 5.74) is 1.43. The normalized spacial score (nSPS) is 14.8. The van der Waals surface area contributed by atoms with Gasteiger partial charge in [0, 0.05) is 15.1 Å². The van der Waals surface area contributed by atoms with Crippen LogP contribution in [0.2, 0.25) is 5.02 Å². The summed E-state index contributed by atoms with van der Waals surface area (Å²) >= 11 is 10.4. The van der Waals surface area contributed by atoms with E-state index in [0.717, 1.165) is 22.2 Å². The largest absolute Gasteiger partial charge is 0.493 e. The maximum atomic E-state index is 12.6. The van der Waals surface area contributed by atoms with Crippen LogP contribution < -0.4 is 9.47 Å². The first-order valence-electron chi connectivity index (χ1n) is 9.48. The van der Waals surface area contributed by atoms with E-state index in [4.69, 9.17) is 25.8 Å². The topological polar surface area (TPSA) is 82.1 Å². The average Bonchev–Trinajstić information content (AvgIpc) is 3.02. The van der Waals surface area contributed by atoms with E-state index in [1.165, 1.54) is 7.11 Å². The summed E-state index contributed by atoms with van der Waals surface area (Å²) in [4.78, 5) is 37.5. The highest BCUT2D eigenvalue weighted by Crippen LogP contribution is 2.38. The van der Waals surface area contributed by atoms with Crippen LogP contribution in [0, 0.1) is 0 Å². The molecule has 3 rings (SSSR count). The van der Waals surface area contributed by atoms with Gasteiger partial charge in [-0.1, -0.05) is 45.7 Å². The molecule has 10 heteroatoms. The predicted octanol–water partition coefficient (Wildman–Crippen LogP) is 5.29. The smallest absolute Gasteiger partial charge is 0.326 e. The van der Waals surface area contributed by atoms with Crippen molar-refractivity contribution in [3.8, 4) is 11.5 Å². The van der Waals surface area contributed by atoms with Gasteiger partial charge in [-0.2, -0.15) is 0 Å². The molecule has 0 bridgehead atoms. The van der Waals surface area contributed by atoms with Crippen LogP contribution in [0.15, 0.2) is 45.8 Å². The molecule has 1 fully saturated rings. The summed E-state index contributed by atoms with van der Waals surface area (Å²) in [5.74, 6) is -0.277. The number of hydrogen-bond acceptors (Lipinski definition) is 7. The van der Waals surface area contributed by atoms with Crippen LogP contribution in [0.3, 0.4) is 0 Å². The van der Waals surface area contributed by atoms with E-state index in [2.05, 4.69) is 15.9 Å². The standard InChI is InChI=1S/C22H19BrClNO6S/c1-3-30-20(26)11-25-21(27)19(32-22(25)28)9-14-8-17(29-2)18(10-15(14)23)31-12-13-6-4-5-7-16(13)24/h4-10H,3,11-12H2,1-2H3/b19-9+. The fraction of sp³-hybridized carbons (Fsp3) is 0.227. The van der Waals surface area contributed by atoms with Crippen LogP contribution >= 0.6 is 39.3 Å². The summed E-state index contributed by atoms with van der Waals surface area (Å²) < 4.78 is 16.8. The molecular weight excluding hydrogens is 522 g/mol. The van der Waals surface area contributed by atoms with Gasteiger partial charge in [0.1, 0.15) is 13.2 Å². The van der Waals surface area contributed by atoms with E-state index >= 15 is 0 Å². The SMILES string of the molecule is CCOC(=O)CN1C(=O)S/C(=C/c2cc(OC)c(OCc3ccccc3Cl)cc2Br)C1=O. The number of thioether (sulfide) groups is 1. The second kappa shape index (κ2) is 10.9. The fourth-order valence-corrected chi connectivity index (χ4v) is 4.27. The van der Waals surface area contributed by atoms with Gasteiger partial charge in [-0.25, -0.2) is 0 Å². The monoisotopic (exact) mass is 539 g/mol. The van der Waals surface area contributed by atoms with Gasteiger partial charge in [0.15, 0.2) is 11.5 Å². The van der Waals surface area contributed by atoms with E-state index in [1.54, 1.807) is 31.2 Å². The minimum Gasteiger partial charge on any atom is -0.493 e. The highest BCUT2D eigenvalue weighted by atomic mass is 79.9. The van der Waals surface area contributed by atoms with Gasteiger partial charge in [-0.3, -0.25) is 19.3 Å². The third-order valence-corrected chi connectivity index (χ3v) is 6.34. The van der Waals surface area contributed by atoms with Crippen LogP contribution in [0.4, 0.5) is 4.79 Å². The number of halogens is 2. The van der Waals surface area contributed by atoms with Crippen LogP contribution in [-0.4, -0.2) is 42.3 Å². The Morgan fingerprint density at radius 3 is 2.66 bits per heavy atom. The van der Waals surface area contributed by atoms with E-state index < -0.39 is 23.7 Å². The number of esters is 1. The lowest BCUT2D eigenvalue weighted by Crippen LogP contribution is -2.34. The molecule has 0 aliphatic carbocycles. The first-order valence-corrected chi connectivity index (χ1v) is 11.5. The van der Waals surface area contributed by atoms with E-state index in [1.807, 2.05) is 18.2 Å². The number of carbonyl (C=O) groups excluding carboxylic acids is 3. The number of nitrogens with zero attached hydrogens (tertiary/aromatic N) is 1. The van der Waals surface area contributed by atoms with Crippen LogP contribution in [0.25, 0.3) is 6.08 Å². The molecule has 1 aliphatic rings. The summed E-state index contributed by atoms with van der Waals surface area (Å²) in [6, 6.07) is 10.8. The molecule has 32 heavy (non-hydrogen) atoms. The number of benzene rings is 2. The van der Waals surface area contributed by atoms with Crippen molar-refractivity contribution in [1.82, 2.24) is 4.90 Å². The first-order chi connectivity index (χ1) is 15.3. The second-order valence-corrected chi connectivity index (χ2v) is 8.73. The lowest BCUT2D eigenvalue weighted by atomic mass is 10.1. The molecule has 7 nitrogen and oxygen atoms in total. The van der Waals surface area contributed by atoms with Gasteiger partial charge in [0.2, 0.25) is 0 Å². The molecule has 1 aliphatic heterocycles. The molecule has 2 aromatic carbocycles. The molecule has 0 saturated carbocycles. The molecule has 2 aromatic rings. The van der Waals surface area contributed by atoms with Crippen molar-refractivity contribution in [3.63, 3.8) is 0 Å². The quantitative estimate of drug-likeness (QED) is 0.332. The van der Waals surface area contributed by atoms with Crippen molar-refractivity contribution in [2.75, 3.05) is 20.3 Å². The summed E-state index contributed by atoms with van der Waals surface area (Å²) in [6.45, 7) is 1.64. The Hall–Kier alpha value is -2.49. The van der Waals surface area contributed by atoms with Gasteiger partial charge in [0.25, 0.3) is 11.1 Å². The Balaban J connectivity index is 1.80. The zero-order valence-electron chi connectivity index (χ0n) is 17.2. The van der Waals surface area contributed by atoms with E-state index in [0.29, 0.717) is 26.6 Å². The zero-order valence-corrected chi connectivity index (χ0v) is 20.4. The van der Waals surface area contributed by atoms with Crippen molar-refractivity contribution in [2.24, 2.45) is 0 Å². The van der Waals surface area contributed by atoms with Gasteiger partial charge < -0.3 is 14.2 Å². The summed E-state index contributed by atoms with van der Waals surface area (Å²) in [7, 11) is 1.50. The number of imide groups is 1. The Bertz CT molecular complexity index is 1090. The maximum Gasteiger partial charge on any atom is 0.326 e. The zero-order chi connectivity index (χ0) is 23.3. The molecule has 2 amide bonds. The molecule has 0 radical (unpaired) electrons. The molecular formula is C22H19BrClNO6S. The molecule has 0 aromatic heterocycles. The highest BCUT2D eigenvalue weighted by Gasteiger charge is 2.36. The number of rotatable bonds is 8. The number of methoxy groups -OCH3 is 1. The lowest BCUT2D eigenvalue weighted by molar-refractivity contribution is -0.145.